The Morgan fingerprint density at radius 2 is 1.84 bits per heavy atom. The first-order valence-electron chi connectivity index (χ1n) is 9.73. The van der Waals surface area contributed by atoms with E-state index in [-0.39, 0.29) is 17.1 Å². The summed E-state index contributed by atoms with van der Waals surface area (Å²) in [6, 6.07) is -0.407. The maximum atomic E-state index is 13.2. The highest BCUT2D eigenvalue weighted by Gasteiger charge is 2.55. The molecule has 0 aromatic heterocycles. The summed E-state index contributed by atoms with van der Waals surface area (Å²) in [7, 11) is 1.65. The number of hydrogen-bond donors (Lipinski definition) is 2. The quantitative estimate of drug-likeness (QED) is 0.686. The number of Topliss-reactive ketones (excluding diaryl/α,β-unsaturated/α-hetero) is 1. The first kappa shape index (κ1) is 17.0. The molecule has 1 heterocycles. The molecule has 25 heavy (non-hydrogen) atoms. The van der Waals surface area contributed by atoms with Crippen LogP contribution in [0.15, 0.2) is 5.10 Å². The summed E-state index contributed by atoms with van der Waals surface area (Å²) in [6.45, 7) is 1.22. The lowest BCUT2D eigenvalue weighted by molar-refractivity contribution is -0.136. The first-order valence-corrected chi connectivity index (χ1v) is 9.73. The van der Waals surface area contributed by atoms with Crippen LogP contribution in [-0.2, 0) is 14.3 Å². The zero-order chi connectivity index (χ0) is 17.4. The molecule has 0 aromatic carbocycles. The van der Waals surface area contributed by atoms with Gasteiger partial charge in [0, 0.05) is 32.1 Å². The maximum Gasteiger partial charge on any atom is 0.244 e. The number of hydrazone groups is 1. The van der Waals surface area contributed by atoms with E-state index in [0.717, 1.165) is 43.4 Å². The summed E-state index contributed by atoms with van der Waals surface area (Å²) < 4.78 is 4.98. The Morgan fingerprint density at radius 3 is 2.44 bits per heavy atom. The van der Waals surface area contributed by atoms with Crippen molar-refractivity contribution in [1.29, 1.82) is 0 Å². The average molecular weight is 347 g/mol. The van der Waals surface area contributed by atoms with Gasteiger partial charge in [0.25, 0.3) is 0 Å². The third-order valence-corrected chi connectivity index (χ3v) is 6.68. The van der Waals surface area contributed by atoms with Crippen LogP contribution in [0.2, 0.25) is 0 Å². The molecule has 6 heteroatoms. The van der Waals surface area contributed by atoms with E-state index in [4.69, 9.17) is 4.74 Å². The Labute approximate surface area is 149 Å². The Morgan fingerprint density at radius 1 is 1.20 bits per heavy atom. The molecule has 1 amide bonds. The van der Waals surface area contributed by atoms with Gasteiger partial charge in [0.05, 0.1) is 0 Å². The Kier molecular flexibility index (Phi) is 4.56. The van der Waals surface area contributed by atoms with Crippen molar-refractivity contribution in [2.45, 2.75) is 57.4 Å². The summed E-state index contributed by atoms with van der Waals surface area (Å²) in [5, 5.41) is 7.16. The van der Waals surface area contributed by atoms with Crippen molar-refractivity contribution in [2.24, 2.45) is 28.3 Å². The Bertz CT molecular complexity index is 551. The summed E-state index contributed by atoms with van der Waals surface area (Å²) in [6.07, 6.45) is 8.32. The second kappa shape index (κ2) is 6.71. The van der Waals surface area contributed by atoms with Crippen LogP contribution in [0.25, 0.3) is 0 Å². The third-order valence-electron chi connectivity index (χ3n) is 6.68. The molecule has 5 rings (SSSR count). The largest absolute Gasteiger partial charge is 0.385 e. The molecule has 5 aliphatic rings. The lowest BCUT2D eigenvalue weighted by atomic mass is 9.48. The van der Waals surface area contributed by atoms with Crippen molar-refractivity contribution in [2.75, 3.05) is 20.3 Å². The van der Waals surface area contributed by atoms with Crippen LogP contribution in [0.4, 0.5) is 0 Å². The van der Waals surface area contributed by atoms with Crippen molar-refractivity contribution in [3.63, 3.8) is 0 Å². The fourth-order valence-electron chi connectivity index (χ4n) is 5.98. The SMILES string of the molecule is COCCCNC(=O)C1CC(C(=O)C23CC4CC(CC(C4)C2)C3)=NN1. The molecular weight excluding hydrogens is 318 g/mol. The Balaban J connectivity index is 1.34. The van der Waals surface area contributed by atoms with Crippen molar-refractivity contribution in [1.82, 2.24) is 10.7 Å². The van der Waals surface area contributed by atoms with Crippen molar-refractivity contribution < 1.29 is 14.3 Å². The number of ketones is 1. The molecule has 1 unspecified atom stereocenters. The van der Waals surface area contributed by atoms with Crippen molar-refractivity contribution in [3.05, 3.63) is 0 Å². The molecule has 4 bridgehead atoms. The molecule has 4 saturated carbocycles. The molecule has 138 valence electrons. The molecule has 4 aliphatic carbocycles. The normalized spacial score (nSPS) is 38.4. The van der Waals surface area contributed by atoms with Gasteiger partial charge in [0.1, 0.15) is 11.8 Å². The van der Waals surface area contributed by atoms with Gasteiger partial charge in [-0.25, -0.2) is 0 Å². The lowest BCUT2D eigenvalue weighted by Crippen LogP contribution is -2.52. The molecule has 6 nitrogen and oxygen atoms in total. The monoisotopic (exact) mass is 347 g/mol. The average Bonchev–Trinajstić information content (AvgIpc) is 3.06. The van der Waals surface area contributed by atoms with Crippen molar-refractivity contribution >= 4 is 17.4 Å². The van der Waals surface area contributed by atoms with E-state index in [2.05, 4.69) is 15.8 Å². The maximum absolute atomic E-state index is 13.2. The number of carbonyl (C=O) groups excluding carboxylic acids is 2. The van der Waals surface area contributed by atoms with E-state index in [1.807, 2.05) is 0 Å². The van der Waals surface area contributed by atoms with Gasteiger partial charge in [0.2, 0.25) is 5.91 Å². The Hall–Kier alpha value is -1.43. The summed E-state index contributed by atoms with van der Waals surface area (Å²) in [5.74, 6) is 2.38. The van der Waals surface area contributed by atoms with Crippen LogP contribution < -0.4 is 10.7 Å². The molecule has 4 fully saturated rings. The highest BCUT2D eigenvalue weighted by molar-refractivity contribution is 6.42. The number of hydrogen-bond acceptors (Lipinski definition) is 5. The molecule has 0 aromatic rings. The number of amides is 1. The minimum absolute atomic E-state index is 0.0758. The van der Waals surface area contributed by atoms with E-state index >= 15 is 0 Å². The number of methoxy groups -OCH3 is 1. The minimum Gasteiger partial charge on any atom is -0.385 e. The third kappa shape index (κ3) is 3.21. The van der Waals surface area contributed by atoms with Gasteiger partial charge in [-0.05, 0) is 62.7 Å². The van der Waals surface area contributed by atoms with Crippen molar-refractivity contribution in [3.8, 4) is 0 Å². The number of nitrogens with zero attached hydrogens (tertiary/aromatic N) is 1. The van der Waals surface area contributed by atoms with Gasteiger partial charge in [-0.1, -0.05) is 0 Å². The second-order valence-corrected chi connectivity index (χ2v) is 8.61. The standard InChI is InChI=1S/C19H29N3O3/c1-25-4-2-3-20-18(24)16-8-15(21-22-16)17(23)19-9-12-5-13(10-19)7-14(6-12)11-19/h12-14,16,22H,2-11H2,1H3,(H,20,24). The molecule has 1 atom stereocenters. The predicted molar refractivity (Wildman–Crippen MR) is 94.1 cm³/mol. The smallest absolute Gasteiger partial charge is 0.244 e. The molecule has 0 spiro atoms. The molecule has 2 N–H and O–H groups in total. The summed E-state index contributed by atoms with van der Waals surface area (Å²) in [4.78, 5) is 25.5. The molecular formula is C19H29N3O3. The van der Waals surface area contributed by atoms with E-state index in [1.165, 1.54) is 19.3 Å². The predicted octanol–water partition coefficient (Wildman–Crippen LogP) is 1.64. The van der Waals surface area contributed by atoms with Gasteiger partial charge >= 0.3 is 0 Å². The van der Waals surface area contributed by atoms with Crippen LogP contribution in [-0.4, -0.2) is 43.7 Å². The molecule has 0 radical (unpaired) electrons. The number of rotatable bonds is 7. The fourth-order valence-corrected chi connectivity index (χ4v) is 5.98. The van der Waals surface area contributed by atoms with E-state index in [1.54, 1.807) is 7.11 Å². The van der Waals surface area contributed by atoms with Crippen LogP contribution >= 0.6 is 0 Å². The van der Waals surface area contributed by atoms with Crippen LogP contribution in [0.5, 0.6) is 0 Å². The molecule has 0 saturated heterocycles. The van der Waals surface area contributed by atoms with Gasteiger partial charge in [-0.15, -0.1) is 0 Å². The lowest BCUT2D eigenvalue weighted by Gasteiger charge is -2.55. The van der Waals surface area contributed by atoms with Gasteiger partial charge in [-0.2, -0.15) is 5.10 Å². The van der Waals surface area contributed by atoms with Crippen LogP contribution in [0.1, 0.15) is 51.4 Å². The zero-order valence-corrected chi connectivity index (χ0v) is 15.1. The van der Waals surface area contributed by atoms with E-state index in [0.29, 0.717) is 25.3 Å². The minimum atomic E-state index is -0.407. The van der Waals surface area contributed by atoms with Crippen LogP contribution in [0.3, 0.4) is 0 Å². The number of ether oxygens (including phenoxy) is 1. The topological polar surface area (TPSA) is 79.8 Å². The summed E-state index contributed by atoms with van der Waals surface area (Å²) >= 11 is 0. The zero-order valence-electron chi connectivity index (χ0n) is 15.1. The van der Waals surface area contributed by atoms with Gasteiger partial charge < -0.3 is 10.1 Å². The van der Waals surface area contributed by atoms with Crippen LogP contribution in [0, 0.1) is 23.2 Å². The molecule has 1 aliphatic heterocycles. The number of carbonyl (C=O) groups is 2. The second-order valence-electron chi connectivity index (χ2n) is 8.61. The number of nitrogens with one attached hydrogen (secondary N) is 2. The fraction of sp³-hybridized carbons (Fsp3) is 0.842. The highest BCUT2D eigenvalue weighted by Crippen LogP contribution is 2.60. The highest BCUT2D eigenvalue weighted by atomic mass is 16.5. The summed E-state index contributed by atoms with van der Waals surface area (Å²) in [5.41, 5.74) is 3.31. The first-order chi connectivity index (χ1) is 12.1. The van der Waals surface area contributed by atoms with Gasteiger partial charge in [0.15, 0.2) is 5.78 Å². The van der Waals surface area contributed by atoms with E-state index in [9.17, 15) is 9.59 Å². The van der Waals surface area contributed by atoms with E-state index < -0.39 is 6.04 Å². The van der Waals surface area contributed by atoms with Gasteiger partial charge in [-0.3, -0.25) is 15.0 Å².